The van der Waals surface area contributed by atoms with Gasteiger partial charge in [0.25, 0.3) is 0 Å². The average Bonchev–Trinajstić information content (AvgIpc) is 3.13. The van der Waals surface area contributed by atoms with E-state index in [4.69, 9.17) is 9.97 Å². The third kappa shape index (κ3) is 1.69. The Hall–Kier alpha value is -1.46. The number of thiophene rings is 2. The Labute approximate surface area is 119 Å². The summed E-state index contributed by atoms with van der Waals surface area (Å²) < 4.78 is 0. The second-order valence-electron chi connectivity index (χ2n) is 4.70. The molecule has 1 N–H and O–H groups in total. The van der Waals surface area contributed by atoms with E-state index in [1.54, 1.807) is 11.3 Å². The third-order valence-electron chi connectivity index (χ3n) is 3.58. The smallest absolute Gasteiger partial charge is 0.163 e. The summed E-state index contributed by atoms with van der Waals surface area (Å²) in [6, 6.07) is 2.08. The first-order valence-electron chi connectivity index (χ1n) is 6.39. The molecule has 19 heavy (non-hydrogen) atoms. The molecule has 5 heteroatoms. The molecule has 0 radical (unpaired) electrons. The van der Waals surface area contributed by atoms with E-state index in [0.717, 1.165) is 22.0 Å². The fourth-order valence-corrected chi connectivity index (χ4v) is 4.59. The van der Waals surface area contributed by atoms with E-state index in [-0.39, 0.29) is 0 Å². The number of rotatable bonds is 2. The summed E-state index contributed by atoms with van der Waals surface area (Å²) in [5.74, 6) is 1.81. The fourth-order valence-electron chi connectivity index (χ4n) is 2.70. The van der Waals surface area contributed by atoms with Gasteiger partial charge in [-0.25, -0.2) is 9.97 Å². The van der Waals surface area contributed by atoms with E-state index in [1.165, 1.54) is 35.1 Å². The Morgan fingerprint density at radius 2 is 2.21 bits per heavy atom. The van der Waals surface area contributed by atoms with Gasteiger partial charge in [-0.2, -0.15) is 11.3 Å². The van der Waals surface area contributed by atoms with E-state index in [2.05, 4.69) is 22.1 Å². The summed E-state index contributed by atoms with van der Waals surface area (Å²) in [5, 5.41) is 8.66. The summed E-state index contributed by atoms with van der Waals surface area (Å²) in [6.45, 7) is 0. The highest BCUT2D eigenvalue weighted by molar-refractivity contribution is 7.19. The zero-order valence-corrected chi connectivity index (χ0v) is 12.2. The van der Waals surface area contributed by atoms with Crippen molar-refractivity contribution in [3.05, 3.63) is 27.3 Å². The van der Waals surface area contributed by atoms with Gasteiger partial charge in [0, 0.05) is 22.9 Å². The summed E-state index contributed by atoms with van der Waals surface area (Å²) in [5.41, 5.74) is 2.58. The number of nitrogens with one attached hydrogen (secondary N) is 1. The molecule has 3 aromatic rings. The fraction of sp³-hybridized carbons (Fsp3) is 0.286. The molecule has 0 unspecified atom stereocenters. The molecule has 0 spiro atoms. The molecule has 4 rings (SSSR count). The molecule has 3 heterocycles. The SMILES string of the molecule is CNc1nc(-c2ccsc2)nc2sc3c(c12)CCC3. The molecule has 0 bridgehead atoms. The molecule has 1 aliphatic carbocycles. The molecule has 1 aliphatic rings. The van der Waals surface area contributed by atoms with Crippen LogP contribution in [0.15, 0.2) is 16.8 Å². The van der Waals surface area contributed by atoms with Crippen molar-refractivity contribution in [2.24, 2.45) is 0 Å². The van der Waals surface area contributed by atoms with E-state index >= 15 is 0 Å². The minimum Gasteiger partial charge on any atom is -0.372 e. The molecule has 3 aromatic heterocycles. The Morgan fingerprint density at radius 1 is 1.26 bits per heavy atom. The van der Waals surface area contributed by atoms with Crippen LogP contribution in [0.2, 0.25) is 0 Å². The number of hydrogen-bond acceptors (Lipinski definition) is 5. The van der Waals surface area contributed by atoms with E-state index < -0.39 is 0 Å². The topological polar surface area (TPSA) is 37.8 Å². The van der Waals surface area contributed by atoms with Crippen molar-refractivity contribution in [3.8, 4) is 11.4 Å². The van der Waals surface area contributed by atoms with Gasteiger partial charge in [-0.15, -0.1) is 11.3 Å². The van der Waals surface area contributed by atoms with E-state index in [9.17, 15) is 0 Å². The molecule has 0 saturated heterocycles. The third-order valence-corrected chi connectivity index (χ3v) is 5.45. The van der Waals surface area contributed by atoms with Gasteiger partial charge in [-0.05, 0) is 36.3 Å². The molecule has 0 fully saturated rings. The van der Waals surface area contributed by atoms with Gasteiger partial charge in [-0.3, -0.25) is 0 Å². The number of aromatic nitrogens is 2. The Balaban J connectivity index is 2.01. The van der Waals surface area contributed by atoms with Crippen LogP contribution in [0.5, 0.6) is 0 Å². The molecular weight excluding hydrogens is 274 g/mol. The van der Waals surface area contributed by atoms with Crippen molar-refractivity contribution in [3.63, 3.8) is 0 Å². The minimum atomic E-state index is 0.832. The first-order valence-corrected chi connectivity index (χ1v) is 8.15. The number of hydrogen-bond donors (Lipinski definition) is 1. The highest BCUT2D eigenvalue weighted by atomic mass is 32.1. The maximum Gasteiger partial charge on any atom is 0.163 e. The largest absolute Gasteiger partial charge is 0.372 e. The highest BCUT2D eigenvalue weighted by Crippen LogP contribution is 2.40. The summed E-state index contributed by atoms with van der Waals surface area (Å²) >= 11 is 3.52. The molecule has 0 amide bonds. The van der Waals surface area contributed by atoms with Gasteiger partial charge < -0.3 is 5.32 Å². The predicted octanol–water partition coefficient (Wildman–Crippen LogP) is 3.95. The Bertz CT molecular complexity index is 744. The molecular formula is C14H13N3S2. The molecule has 0 aliphatic heterocycles. The Morgan fingerprint density at radius 3 is 3.00 bits per heavy atom. The molecule has 0 aromatic carbocycles. The van der Waals surface area contributed by atoms with E-state index in [1.807, 2.05) is 18.4 Å². The molecule has 0 saturated carbocycles. The van der Waals surface area contributed by atoms with Crippen LogP contribution in [0.1, 0.15) is 16.9 Å². The minimum absolute atomic E-state index is 0.832. The monoisotopic (exact) mass is 287 g/mol. The zero-order valence-electron chi connectivity index (χ0n) is 10.6. The number of fused-ring (bicyclic) bond motifs is 3. The number of aryl methyl sites for hydroxylation is 2. The zero-order chi connectivity index (χ0) is 12.8. The standard InChI is InChI=1S/C14H13N3S2/c1-15-13-11-9-3-2-4-10(9)19-14(11)17-12(16-13)8-5-6-18-7-8/h5-7H,2-4H2,1H3,(H,15,16,17). The van der Waals surface area contributed by atoms with Gasteiger partial charge in [0.1, 0.15) is 10.6 Å². The van der Waals surface area contributed by atoms with Crippen LogP contribution in [0.4, 0.5) is 5.82 Å². The lowest BCUT2D eigenvalue weighted by Gasteiger charge is -2.05. The lowest BCUT2D eigenvalue weighted by Crippen LogP contribution is -1.98. The normalized spacial score (nSPS) is 13.9. The first-order chi connectivity index (χ1) is 9.36. The first kappa shape index (κ1) is 11.4. The van der Waals surface area contributed by atoms with Crippen molar-refractivity contribution >= 4 is 38.7 Å². The Kier molecular flexibility index (Phi) is 2.56. The quantitative estimate of drug-likeness (QED) is 0.775. The second-order valence-corrected chi connectivity index (χ2v) is 6.56. The molecule has 0 atom stereocenters. The van der Waals surface area contributed by atoms with Gasteiger partial charge >= 0.3 is 0 Å². The van der Waals surface area contributed by atoms with Crippen molar-refractivity contribution in [1.82, 2.24) is 9.97 Å². The average molecular weight is 287 g/mol. The van der Waals surface area contributed by atoms with Gasteiger partial charge in [-0.1, -0.05) is 0 Å². The van der Waals surface area contributed by atoms with Gasteiger partial charge in [0.15, 0.2) is 5.82 Å². The molecule has 96 valence electrons. The predicted molar refractivity (Wildman–Crippen MR) is 82.3 cm³/mol. The second kappa shape index (κ2) is 4.28. The van der Waals surface area contributed by atoms with Crippen molar-refractivity contribution in [2.75, 3.05) is 12.4 Å². The van der Waals surface area contributed by atoms with Crippen molar-refractivity contribution in [1.29, 1.82) is 0 Å². The highest BCUT2D eigenvalue weighted by Gasteiger charge is 2.22. The van der Waals surface area contributed by atoms with Gasteiger partial charge in [0.2, 0.25) is 0 Å². The number of anilines is 1. The van der Waals surface area contributed by atoms with Crippen LogP contribution in [-0.4, -0.2) is 17.0 Å². The summed E-state index contributed by atoms with van der Waals surface area (Å²) in [6.07, 6.45) is 3.64. The maximum absolute atomic E-state index is 4.76. The van der Waals surface area contributed by atoms with Gasteiger partial charge in [0.05, 0.1) is 5.39 Å². The van der Waals surface area contributed by atoms with Crippen LogP contribution >= 0.6 is 22.7 Å². The van der Waals surface area contributed by atoms with Crippen LogP contribution in [0, 0.1) is 0 Å². The summed E-state index contributed by atoms with van der Waals surface area (Å²) in [7, 11) is 1.94. The van der Waals surface area contributed by atoms with E-state index in [0.29, 0.717) is 0 Å². The van der Waals surface area contributed by atoms with Crippen LogP contribution in [0.3, 0.4) is 0 Å². The lowest BCUT2D eigenvalue weighted by atomic mass is 10.2. The maximum atomic E-state index is 4.76. The van der Waals surface area contributed by atoms with Crippen LogP contribution in [0.25, 0.3) is 21.6 Å². The van der Waals surface area contributed by atoms with Crippen molar-refractivity contribution in [2.45, 2.75) is 19.3 Å². The lowest BCUT2D eigenvalue weighted by molar-refractivity contribution is 0.917. The number of nitrogens with zero attached hydrogens (tertiary/aromatic N) is 2. The molecule has 3 nitrogen and oxygen atoms in total. The van der Waals surface area contributed by atoms with Crippen molar-refractivity contribution < 1.29 is 0 Å². The van der Waals surface area contributed by atoms with Crippen LogP contribution in [-0.2, 0) is 12.8 Å². The summed E-state index contributed by atoms with van der Waals surface area (Å²) in [4.78, 5) is 12.1. The van der Waals surface area contributed by atoms with Crippen LogP contribution < -0.4 is 5.32 Å².